The van der Waals surface area contributed by atoms with Crippen LogP contribution in [0.15, 0.2) is 0 Å². The molecule has 5 heteroatoms. The molecule has 0 aliphatic rings. The van der Waals surface area contributed by atoms with Crippen molar-refractivity contribution in [1.29, 1.82) is 0 Å². The molecule has 0 spiro atoms. The smallest absolute Gasteiger partial charge is 0 e. The van der Waals surface area contributed by atoms with Crippen LogP contribution >= 0.6 is 0 Å². The molecule has 0 fully saturated rings. The molecule has 0 aliphatic carbocycles. The molecule has 0 saturated heterocycles. The van der Waals surface area contributed by atoms with Crippen LogP contribution in [0.1, 0.15) is 0 Å². The van der Waals surface area contributed by atoms with Crippen molar-refractivity contribution in [2.24, 2.45) is 0 Å². The van der Waals surface area contributed by atoms with Gasteiger partial charge in [-0.2, -0.15) is 0 Å². The Bertz CT molecular complexity index is 6.85. The third-order valence-electron chi connectivity index (χ3n) is 0. The number of hydrogen-bond acceptors (Lipinski definition) is 0. The fraction of sp³-hybridized carbons (Fsp3) is 0. The van der Waals surface area contributed by atoms with Gasteiger partial charge in [0.1, 0.15) is 0 Å². The Morgan fingerprint density at radius 3 is 0.600 bits per heavy atom. The maximum atomic E-state index is 0. The van der Waals surface area contributed by atoms with Gasteiger partial charge in [0.05, 0.1) is 0 Å². The van der Waals surface area contributed by atoms with Gasteiger partial charge in [-0.1, -0.05) is 0 Å². The molecule has 0 aromatic carbocycles. The van der Waals surface area contributed by atoms with E-state index in [-0.39, 0.29) is 98.6 Å². The Balaban J connectivity index is 0. The van der Waals surface area contributed by atoms with Crippen molar-refractivity contribution in [3.05, 3.63) is 0 Å². The van der Waals surface area contributed by atoms with Crippen LogP contribution in [-0.2, 0) is 0 Å². The summed E-state index contributed by atoms with van der Waals surface area (Å²) in [5.41, 5.74) is 0. The van der Waals surface area contributed by atoms with Crippen molar-refractivity contribution in [3.8, 4) is 0 Å². The van der Waals surface area contributed by atoms with Crippen LogP contribution in [0.4, 0.5) is 0 Å². The Hall–Kier alpha value is 2.59. The molecule has 0 aliphatic heterocycles. The van der Waals surface area contributed by atoms with Crippen LogP contribution in [-0.4, -0.2) is 16.4 Å². The molecule has 0 aromatic rings. The van der Waals surface area contributed by atoms with Gasteiger partial charge in [-0.25, -0.2) is 0 Å². The molecule has 0 unspecified atom stereocenters. The van der Waals surface area contributed by atoms with Gasteiger partial charge < -0.3 is 16.4 Å². The molecule has 6 N–H and O–H groups in total. The van der Waals surface area contributed by atoms with E-state index < -0.39 is 0 Å². The van der Waals surface area contributed by atoms with Gasteiger partial charge >= 0.3 is 0 Å². The van der Waals surface area contributed by atoms with Crippen LogP contribution in [0, 0.1) is 82.1 Å². The van der Waals surface area contributed by atoms with E-state index >= 15 is 0 Å². The zero-order valence-corrected chi connectivity index (χ0v) is 9.49. The molecule has 0 bridgehead atoms. The molecular formula is H6NdO3Pr. The summed E-state index contributed by atoms with van der Waals surface area (Å²) in [4.78, 5) is 0. The van der Waals surface area contributed by atoms with Crippen molar-refractivity contribution in [3.63, 3.8) is 0 Å². The largest absolute Gasteiger partial charge is 0.412 e. The minimum atomic E-state index is 0. The van der Waals surface area contributed by atoms with Gasteiger partial charge in [-0.3, -0.25) is 0 Å². The molecule has 0 amide bonds. The summed E-state index contributed by atoms with van der Waals surface area (Å²) in [6, 6.07) is 0. The van der Waals surface area contributed by atoms with Crippen molar-refractivity contribution in [2.45, 2.75) is 0 Å². The zero-order valence-electron chi connectivity index (χ0n) is 2.58. The van der Waals surface area contributed by atoms with E-state index in [2.05, 4.69) is 0 Å². The summed E-state index contributed by atoms with van der Waals surface area (Å²) < 4.78 is 0. The predicted octanol–water partition coefficient (Wildman–Crippen LogP) is -2.47. The third kappa shape index (κ3) is 20.7. The molecule has 0 atom stereocenters. The van der Waals surface area contributed by atoms with E-state index in [0.717, 1.165) is 0 Å². The van der Waals surface area contributed by atoms with Gasteiger partial charge in [0.25, 0.3) is 0 Å². The van der Waals surface area contributed by atoms with E-state index in [0.29, 0.717) is 0 Å². The van der Waals surface area contributed by atoms with Crippen molar-refractivity contribution in [1.82, 2.24) is 0 Å². The minimum Gasteiger partial charge on any atom is -0.412 e. The summed E-state index contributed by atoms with van der Waals surface area (Å²) in [6.45, 7) is 0. The Morgan fingerprint density at radius 1 is 0.600 bits per heavy atom. The van der Waals surface area contributed by atoms with Crippen LogP contribution in [0.3, 0.4) is 0 Å². The number of hydrogen-bond donors (Lipinski definition) is 0. The first-order chi connectivity index (χ1) is 0. The molecule has 5 heavy (non-hydrogen) atoms. The monoisotopic (exact) mass is 337 g/mol. The van der Waals surface area contributed by atoms with Gasteiger partial charge in [0.2, 0.25) is 0 Å². The van der Waals surface area contributed by atoms with Crippen LogP contribution in [0.2, 0.25) is 0 Å². The predicted molar refractivity (Wildman–Crippen MR) is 10.8 cm³/mol. The Morgan fingerprint density at radius 2 is 0.600 bits per heavy atom. The van der Waals surface area contributed by atoms with E-state index in [9.17, 15) is 0 Å². The average Bonchev–Trinajstić information content (AvgIpc) is 0. The van der Waals surface area contributed by atoms with E-state index in [1.807, 2.05) is 0 Å². The fourth-order valence-corrected chi connectivity index (χ4v) is 0. The van der Waals surface area contributed by atoms with Gasteiger partial charge in [0.15, 0.2) is 0 Å². The summed E-state index contributed by atoms with van der Waals surface area (Å²) in [7, 11) is 0. The Labute approximate surface area is 96.3 Å². The van der Waals surface area contributed by atoms with E-state index in [4.69, 9.17) is 0 Å². The third-order valence-corrected chi connectivity index (χ3v) is 0. The second-order valence-electron chi connectivity index (χ2n) is 0. The summed E-state index contributed by atoms with van der Waals surface area (Å²) in [6.07, 6.45) is 0. The average molecular weight is 339 g/mol. The van der Waals surface area contributed by atoms with Crippen LogP contribution < -0.4 is 0 Å². The first-order valence-corrected chi connectivity index (χ1v) is 0. The normalized spacial score (nSPS) is 0. The van der Waals surface area contributed by atoms with E-state index in [1.165, 1.54) is 0 Å². The molecule has 0 saturated carbocycles. The first kappa shape index (κ1) is 49.1. The molecule has 0 heterocycles. The second kappa shape index (κ2) is 30.7. The van der Waals surface area contributed by atoms with Crippen molar-refractivity contribution < 1.29 is 98.6 Å². The molecule has 0 rings (SSSR count). The minimum absolute atomic E-state index is 0. The Kier molecular flexibility index (Phi) is 301. The molecule has 1 radical (unpaired) electrons. The second-order valence-corrected chi connectivity index (χ2v) is 0. The van der Waals surface area contributed by atoms with Gasteiger partial charge in [-0.05, 0) is 0 Å². The van der Waals surface area contributed by atoms with Crippen LogP contribution in [0.5, 0.6) is 0 Å². The van der Waals surface area contributed by atoms with Crippen molar-refractivity contribution >= 4 is 0 Å². The van der Waals surface area contributed by atoms with Crippen LogP contribution in [0.25, 0.3) is 0 Å². The topological polar surface area (TPSA) is 94.5 Å². The maximum absolute atomic E-state index is 0. The van der Waals surface area contributed by atoms with Gasteiger partial charge in [0, 0.05) is 82.1 Å². The molecular weight excluding hydrogens is 333 g/mol. The first-order valence-electron chi connectivity index (χ1n) is 0. The fourth-order valence-electron chi connectivity index (χ4n) is 0. The van der Waals surface area contributed by atoms with E-state index in [1.54, 1.807) is 0 Å². The molecule has 31 valence electrons. The van der Waals surface area contributed by atoms with Crippen molar-refractivity contribution in [2.75, 3.05) is 0 Å². The molecule has 0 aromatic heterocycles. The SMILES string of the molecule is O.O.O.[Nd].[Pr]. The quantitative estimate of drug-likeness (QED) is 0.468. The number of rotatable bonds is 0. The maximum Gasteiger partial charge on any atom is 0 e. The summed E-state index contributed by atoms with van der Waals surface area (Å²) in [5.74, 6) is 0. The molecule has 3 nitrogen and oxygen atoms in total. The standard InChI is InChI=1S/Nd.3H2O.Pr/h;3*1H2;. The summed E-state index contributed by atoms with van der Waals surface area (Å²) in [5, 5.41) is 0. The van der Waals surface area contributed by atoms with Gasteiger partial charge in [-0.15, -0.1) is 0 Å². The zero-order chi connectivity index (χ0) is 0. The summed E-state index contributed by atoms with van der Waals surface area (Å²) >= 11 is 0.